The number of ether oxygens (including phenoxy) is 2. The van der Waals surface area contributed by atoms with Crippen molar-refractivity contribution in [3.63, 3.8) is 0 Å². The molecule has 0 saturated carbocycles. The van der Waals surface area contributed by atoms with Gasteiger partial charge in [-0.15, -0.1) is 0 Å². The van der Waals surface area contributed by atoms with E-state index in [2.05, 4.69) is 5.32 Å². The molecule has 1 N–H and O–H groups in total. The Bertz CT molecular complexity index is 809. The zero-order valence-electron chi connectivity index (χ0n) is 13.6. The zero-order valence-corrected chi connectivity index (χ0v) is 14.4. The molecule has 0 aliphatic carbocycles. The minimum Gasteiger partial charge on any atom is -0.490 e. The van der Waals surface area contributed by atoms with Gasteiger partial charge in [-0.1, -0.05) is 17.7 Å². The van der Waals surface area contributed by atoms with Crippen molar-refractivity contribution < 1.29 is 19.1 Å². The fraction of sp³-hybridized carbons (Fsp3) is 0.222. The second-order valence-corrected chi connectivity index (χ2v) is 5.78. The summed E-state index contributed by atoms with van der Waals surface area (Å²) in [5.74, 6) is 0.174. The predicted molar refractivity (Wildman–Crippen MR) is 95.7 cm³/mol. The summed E-state index contributed by atoms with van der Waals surface area (Å²) in [5.41, 5.74) is 1.49. The Balaban J connectivity index is 1.79. The highest BCUT2D eigenvalue weighted by Gasteiger charge is 2.24. The van der Waals surface area contributed by atoms with Crippen molar-refractivity contribution in [2.75, 3.05) is 30.0 Å². The third kappa shape index (κ3) is 3.85. The standard InChI is InChI=1S/C18H17ClN2O4/c1-2-24-17(22)12-4-3-5-14(10-12)20-18(23)21-8-9-25-16-7-6-13(19)11-15(16)21/h3-7,10-11H,2,8-9H2,1H3,(H,20,23). The summed E-state index contributed by atoms with van der Waals surface area (Å²) in [6.07, 6.45) is 0. The maximum Gasteiger partial charge on any atom is 0.338 e. The number of fused-ring (bicyclic) bond motifs is 1. The van der Waals surface area contributed by atoms with Crippen LogP contribution in [0.15, 0.2) is 42.5 Å². The number of nitrogens with one attached hydrogen (secondary N) is 1. The molecule has 0 aromatic heterocycles. The number of benzene rings is 2. The number of esters is 1. The first-order valence-electron chi connectivity index (χ1n) is 7.86. The summed E-state index contributed by atoms with van der Waals surface area (Å²) < 4.78 is 10.5. The molecule has 0 spiro atoms. The Labute approximate surface area is 150 Å². The quantitative estimate of drug-likeness (QED) is 0.841. The van der Waals surface area contributed by atoms with Crippen LogP contribution in [0.2, 0.25) is 5.02 Å². The van der Waals surface area contributed by atoms with Gasteiger partial charge in [0.15, 0.2) is 0 Å². The van der Waals surface area contributed by atoms with Crippen molar-refractivity contribution >= 4 is 35.0 Å². The Morgan fingerprint density at radius 3 is 2.92 bits per heavy atom. The topological polar surface area (TPSA) is 67.9 Å². The second kappa shape index (κ2) is 7.44. The summed E-state index contributed by atoms with van der Waals surface area (Å²) in [7, 11) is 0. The number of carbonyl (C=O) groups excluding carboxylic acids is 2. The lowest BCUT2D eigenvalue weighted by atomic mass is 10.2. The number of halogens is 1. The largest absolute Gasteiger partial charge is 0.490 e. The lowest BCUT2D eigenvalue weighted by Gasteiger charge is -2.29. The van der Waals surface area contributed by atoms with Crippen LogP contribution >= 0.6 is 11.6 Å². The maximum atomic E-state index is 12.6. The molecular weight excluding hydrogens is 344 g/mol. The van der Waals surface area contributed by atoms with E-state index in [-0.39, 0.29) is 6.03 Å². The summed E-state index contributed by atoms with van der Waals surface area (Å²) >= 11 is 6.03. The van der Waals surface area contributed by atoms with Crippen LogP contribution < -0.4 is 15.0 Å². The van der Waals surface area contributed by atoms with Crippen molar-refractivity contribution in [3.05, 3.63) is 53.1 Å². The second-order valence-electron chi connectivity index (χ2n) is 5.34. The van der Waals surface area contributed by atoms with E-state index >= 15 is 0 Å². The summed E-state index contributed by atoms with van der Waals surface area (Å²) in [4.78, 5) is 26.0. The molecule has 0 unspecified atom stereocenters. The van der Waals surface area contributed by atoms with Crippen molar-refractivity contribution in [1.82, 2.24) is 0 Å². The van der Waals surface area contributed by atoms with Gasteiger partial charge in [0.2, 0.25) is 0 Å². The van der Waals surface area contributed by atoms with E-state index in [4.69, 9.17) is 21.1 Å². The summed E-state index contributed by atoms with van der Waals surface area (Å²) in [6, 6.07) is 11.4. The number of nitrogens with zero attached hydrogens (tertiary/aromatic N) is 1. The monoisotopic (exact) mass is 360 g/mol. The molecule has 0 atom stereocenters. The fourth-order valence-corrected chi connectivity index (χ4v) is 2.70. The van der Waals surface area contributed by atoms with Crippen LogP contribution in [0.1, 0.15) is 17.3 Å². The number of amides is 2. The Hall–Kier alpha value is -2.73. The predicted octanol–water partition coefficient (Wildman–Crippen LogP) is 3.95. The minimum absolute atomic E-state index is 0.292. The van der Waals surface area contributed by atoms with Crippen molar-refractivity contribution in [1.29, 1.82) is 0 Å². The maximum absolute atomic E-state index is 12.6. The average molecular weight is 361 g/mol. The summed E-state index contributed by atoms with van der Waals surface area (Å²) in [6.45, 7) is 2.83. The Morgan fingerprint density at radius 1 is 1.28 bits per heavy atom. The summed E-state index contributed by atoms with van der Waals surface area (Å²) in [5, 5.41) is 3.31. The van der Waals surface area contributed by atoms with Crippen LogP contribution in [0.25, 0.3) is 0 Å². The molecule has 1 aliphatic rings. The molecule has 0 radical (unpaired) electrons. The normalized spacial score (nSPS) is 12.8. The van der Waals surface area contributed by atoms with Gasteiger partial charge in [0.1, 0.15) is 12.4 Å². The molecule has 2 aromatic carbocycles. The van der Waals surface area contributed by atoms with Gasteiger partial charge in [0.05, 0.1) is 24.4 Å². The zero-order chi connectivity index (χ0) is 17.8. The first-order chi connectivity index (χ1) is 12.1. The van der Waals surface area contributed by atoms with Crippen molar-refractivity contribution in [2.24, 2.45) is 0 Å². The highest BCUT2D eigenvalue weighted by molar-refractivity contribution is 6.31. The Morgan fingerprint density at radius 2 is 2.12 bits per heavy atom. The van der Waals surface area contributed by atoms with Crippen LogP contribution in [0, 0.1) is 0 Å². The minimum atomic E-state index is -0.429. The molecule has 7 heteroatoms. The van der Waals surface area contributed by atoms with Crippen LogP contribution in [0.3, 0.4) is 0 Å². The molecule has 0 fully saturated rings. The van der Waals surface area contributed by atoms with E-state index in [9.17, 15) is 9.59 Å². The van der Waals surface area contributed by atoms with Gasteiger partial charge in [-0.2, -0.15) is 0 Å². The lowest BCUT2D eigenvalue weighted by molar-refractivity contribution is 0.0526. The number of rotatable bonds is 3. The van der Waals surface area contributed by atoms with Gasteiger partial charge < -0.3 is 14.8 Å². The van der Waals surface area contributed by atoms with E-state index in [1.807, 2.05) is 0 Å². The smallest absolute Gasteiger partial charge is 0.338 e. The van der Waals surface area contributed by atoms with Gasteiger partial charge >= 0.3 is 12.0 Å². The van der Waals surface area contributed by atoms with E-state index < -0.39 is 5.97 Å². The van der Waals surface area contributed by atoms with E-state index in [0.717, 1.165) is 0 Å². The Kier molecular flexibility index (Phi) is 5.09. The SMILES string of the molecule is CCOC(=O)c1cccc(NC(=O)N2CCOc3ccc(Cl)cc32)c1. The number of urea groups is 1. The third-order valence-electron chi connectivity index (χ3n) is 3.65. The molecule has 2 aromatic rings. The fourth-order valence-electron chi connectivity index (χ4n) is 2.53. The number of anilines is 2. The van der Waals surface area contributed by atoms with Crippen LogP contribution in [0.4, 0.5) is 16.2 Å². The number of hydrogen-bond donors (Lipinski definition) is 1. The first-order valence-corrected chi connectivity index (χ1v) is 8.24. The lowest BCUT2D eigenvalue weighted by Crippen LogP contribution is -2.40. The first kappa shape index (κ1) is 17.1. The molecule has 2 amide bonds. The average Bonchev–Trinajstić information content (AvgIpc) is 2.61. The molecule has 0 bridgehead atoms. The van der Waals surface area contributed by atoms with Crippen LogP contribution in [-0.4, -0.2) is 31.8 Å². The molecule has 3 rings (SSSR count). The molecule has 1 aliphatic heterocycles. The third-order valence-corrected chi connectivity index (χ3v) is 3.89. The highest BCUT2D eigenvalue weighted by atomic mass is 35.5. The van der Waals surface area contributed by atoms with E-state index in [0.29, 0.717) is 47.5 Å². The number of hydrogen-bond acceptors (Lipinski definition) is 4. The highest BCUT2D eigenvalue weighted by Crippen LogP contribution is 2.34. The molecule has 6 nitrogen and oxygen atoms in total. The van der Waals surface area contributed by atoms with Crippen molar-refractivity contribution in [3.8, 4) is 5.75 Å². The van der Waals surface area contributed by atoms with Gasteiger partial charge in [0.25, 0.3) is 0 Å². The molecule has 25 heavy (non-hydrogen) atoms. The van der Waals surface area contributed by atoms with Crippen molar-refractivity contribution in [2.45, 2.75) is 6.92 Å². The molecular formula is C18H17ClN2O4. The molecule has 1 heterocycles. The van der Waals surface area contributed by atoms with Crippen LogP contribution in [-0.2, 0) is 4.74 Å². The molecule has 0 saturated heterocycles. The van der Waals surface area contributed by atoms with Gasteiger partial charge in [-0.3, -0.25) is 4.90 Å². The van der Waals surface area contributed by atoms with Gasteiger partial charge in [0, 0.05) is 10.7 Å². The van der Waals surface area contributed by atoms with E-state index in [1.54, 1.807) is 54.3 Å². The molecule has 130 valence electrons. The van der Waals surface area contributed by atoms with Gasteiger partial charge in [-0.05, 0) is 43.3 Å². The van der Waals surface area contributed by atoms with E-state index in [1.165, 1.54) is 0 Å². The number of carbonyl (C=O) groups is 2. The van der Waals surface area contributed by atoms with Crippen LogP contribution in [0.5, 0.6) is 5.75 Å². The van der Waals surface area contributed by atoms with Gasteiger partial charge in [-0.25, -0.2) is 9.59 Å².